The van der Waals surface area contributed by atoms with Crippen molar-refractivity contribution in [2.45, 2.75) is 18.9 Å². The molecule has 1 aliphatic heterocycles. The molecule has 0 aromatic heterocycles. The molecule has 1 atom stereocenters. The highest BCUT2D eigenvalue weighted by atomic mass is 79.9. The first kappa shape index (κ1) is 16.6. The van der Waals surface area contributed by atoms with Crippen molar-refractivity contribution in [3.8, 4) is 11.8 Å². The second-order valence-corrected chi connectivity index (χ2v) is 6.65. The number of carbonyl (C=O) groups is 1. The van der Waals surface area contributed by atoms with E-state index in [4.69, 9.17) is 0 Å². The lowest BCUT2D eigenvalue weighted by Gasteiger charge is -2.25. The fourth-order valence-corrected chi connectivity index (χ4v) is 3.38. The van der Waals surface area contributed by atoms with Gasteiger partial charge in [-0.3, -0.25) is 0 Å². The van der Waals surface area contributed by atoms with Gasteiger partial charge >= 0.3 is 6.03 Å². The summed E-state index contributed by atoms with van der Waals surface area (Å²) in [7, 11) is 0. The van der Waals surface area contributed by atoms with E-state index in [1.807, 2.05) is 47.4 Å². The van der Waals surface area contributed by atoms with E-state index in [0.29, 0.717) is 6.54 Å². The van der Waals surface area contributed by atoms with Gasteiger partial charge in [-0.25, -0.2) is 4.79 Å². The molecule has 0 radical (unpaired) electrons. The first-order valence-electron chi connectivity index (χ1n) is 8.08. The van der Waals surface area contributed by atoms with Crippen molar-refractivity contribution >= 4 is 22.0 Å². The molecule has 24 heavy (non-hydrogen) atoms. The first-order valence-corrected chi connectivity index (χ1v) is 8.87. The summed E-state index contributed by atoms with van der Waals surface area (Å²) < 4.78 is 1.04. The van der Waals surface area contributed by atoms with Crippen LogP contribution in [0.4, 0.5) is 4.79 Å². The van der Waals surface area contributed by atoms with Gasteiger partial charge in [0.25, 0.3) is 0 Å². The molecule has 2 aromatic carbocycles. The SMILES string of the molecule is O=C(NCC#Cc1ccccc1)N1CCCC1c1cccc(Br)c1. The fourth-order valence-electron chi connectivity index (χ4n) is 2.96. The van der Waals surface area contributed by atoms with E-state index in [0.717, 1.165) is 29.4 Å². The quantitative estimate of drug-likeness (QED) is 0.769. The summed E-state index contributed by atoms with van der Waals surface area (Å²) in [6, 6.07) is 18.1. The fraction of sp³-hybridized carbons (Fsp3) is 0.250. The summed E-state index contributed by atoms with van der Waals surface area (Å²) in [5.74, 6) is 6.06. The number of halogens is 1. The molecule has 1 N–H and O–H groups in total. The van der Waals surface area contributed by atoms with Crippen LogP contribution in [0.3, 0.4) is 0 Å². The van der Waals surface area contributed by atoms with Gasteiger partial charge in [-0.05, 0) is 42.7 Å². The van der Waals surface area contributed by atoms with E-state index in [1.54, 1.807) is 0 Å². The number of amides is 2. The lowest BCUT2D eigenvalue weighted by molar-refractivity contribution is 0.194. The normalized spacial score (nSPS) is 16.4. The van der Waals surface area contributed by atoms with Gasteiger partial charge < -0.3 is 10.2 Å². The molecular weight excluding hydrogens is 364 g/mol. The highest BCUT2D eigenvalue weighted by Gasteiger charge is 2.29. The Kier molecular flexibility index (Phi) is 5.55. The van der Waals surface area contributed by atoms with E-state index < -0.39 is 0 Å². The Morgan fingerprint density at radius 3 is 2.83 bits per heavy atom. The number of urea groups is 1. The zero-order valence-corrected chi connectivity index (χ0v) is 14.9. The summed E-state index contributed by atoms with van der Waals surface area (Å²) in [4.78, 5) is 14.4. The Labute approximate surface area is 151 Å². The van der Waals surface area contributed by atoms with Gasteiger partial charge in [0.2, 0.25) is 0 Å². The van der Waals surface area contributed by atoms with Crippen molar-refractivity contribution in [3.05, 3.63) is 70.2 Å². The number of hydrogen-bond donors (Lipinski definition) is 1. The molecular formula is C20H19BrN2O. The number of benzene rings is 2. The maximum atomic E-state index is 12.5. The van der Waals surface area contributed by atoms with E-state index in [9.17, 15) is 4.79 Å². The Balaban J connectivity index is 1.59. The van der Waals surface area contributed by atoms with Gasteiger partial charge in [-0.15, -0.1) is 0 Å². The number of rotatable bonds is 2. The van der Waals surface area contributed by atoms with Crippen molar-refractivity contribution < 1.29 is 4.79 Å². The highest BCUT2D eigenvalue weighted by molar-refractivity contribution is 9.10. The number of hydrogen-bond acceptors (Lipinski definition) is 1. The van der Waals surface area contributed by atoms with Crippen LogP contribution in [-0.2, 0) is 0 Å². The summed E-state index contributed by atoms with van der Waals surface area (Å²) in [5, 5.41) is 2.91. The van der Waals surface area contributed by atoms with Crippen LogP contribution in [0.2, 0.25) is 0 Å². The smallest absolute Gasteiger partial charge is 0.318 e. The molecule has 4 heteroatoms. The molecule has 1 saturated heterocycles. The number of likely N-dealkylation sites (tertiary alicyclic amines) is 1. The molecule has 0 bridgehead atoms. The van der Waals surface area contributed by atoms with Crippen LogP contribution in [0.25, 0.3) is 0 Å². The molecule has 0 spiro atoms. The van der Waals surface area contributed by atoms with Crippen LogP contribution in [0.5, 0.6) is 0 Å². The van der Waals surface area contributed by atoms with Crippen molar-refractivity contribution in [3.63, 3.8) is 0 Å². The predicted octanol–water partition coefficient (Wildman–Crippen LogP) is 4.35. The third kappa shape index (κ3) is 4.18. The molecule has 0 saturated carbocycles. The van der Waals surface area contributed by atoms with E-state index in [2.05, 4.69) is 45.2 Å². The maximum Gasteiger partial charge on any atom is 0.318 e. The summed E-state index contributed by atoms with van der Waals surface area (Å²) in [5.41, 5.74) is 2.13. The zero-order valence-electron chi connectivity index (χ0n) is 13.3. The third-order valence-electron chi connectivity index (χ3n) is 4.08. The highest BCUT2D eigenvalue weighted by Crippen LogP contribution is 2.32. The summed E-state index contributed by atoms with van der Waals surface area (Å²) in [6.07, 6.45) is 2.03. The van der Waals surface area contributed by atoms with Crippen molar-refractivity contribution in [2.24, 2.45) is 0 Å². The average molecular weight is 383 g/mol. The average Bonchev–Trinajstić information content (AvgIpc) is 3.09. The monoisotopic (exact) mass is 382 g/mol. The molecule has 1 fully saturated rings. The molecule has 2 amide bonds. The third-order valence-corrected chi connectivity index (χ3v) is 4.57. The molecule has 1 unspecified atom stereocenters. The molecule has 122 valence electrons. The van der Waals surface area contributed by atoms with Gasteiger partial charge in [-0.1, -0.05) is 58.1 Å². The Morgan fingerprint density at radius 1 is 1.21 bits per heavy atom. The molecule has 2 aromatic rings. The number of nitrogens with one attached hydrogen (secondary N) is 1. The molecule has 1 heterocycles. The van der Waals surface area contributed by atoms with Crippen LogP contribution >= 0.6 is 15.9 Å². The Morgan fingerprint density at radius 2 is 2.04 bits per heavy atom. The van der Waals surface area contributed by atoms with Gasteiger partial charge in [0.05, 0.1) is 12.6 Å². The van der Waals surface area contributed by atoms with E-state index in [-0.39, 0.29) is 12.1 Å². The second kappa shape index (κ2) is 8.03. The Bertz CT molecular complexity index is 764. The van der Waals surface area contributed by atoms with Gasteiger partial charge in [0.1, 0.15) is 0 Å². The van der Waals surface area contributed by atoms with Gasteiger partial charge in [0.15, 0.2) is 0 Å². The van der Waals surface area contributed by atoms with Crippen molar-refractivity contribution in [1.82, 2.24) is 10.2 Å². The minimum absolute atomic E-state index is 0.0418. The second-order valence-electron chi connectivity index (χ2n) is 5.73. The maximum absolute atomic E-state index is 12.5. The van der Waals surface area contributed by atoms with Crippen molar-refractivity contribution in [2.75, 3.05) is 13.1 Å². The lowest BCUT2D eigenvalue weighted by atomic mass is 10.1. The first-order chi connectivity index (χ1) is 11.7. The van der Waals surface area contributed by atoms with Crippen LogP contribution in [0.15, 0.2) is 59.1 Å². The van der Waals surface area contributed by atoms with E-state index >= 15 is 0 Å². The Hall–Kier alpha value is -2.25. The van der Waals surface area contributed by atoms with Crippen LogP contribution in [-0.4, -0.2) is 24.0 Å². The molecule has 3 rings (SSSR count). The van der Waals surface area contributed by atoms with Crippen LogP contribution in [0, 0.1) is 11.8 Å². The lowest BCUT2D eigenvalue weighted by Crippen LogP contribution is -2.39. The summed E-state index contributed by atoms with van der Waals surface area (Å²) >= 11 is 3.50. The number of nitrogens with zero attached hydrogens (tertiary/aromatic N) is 1. The number of carbonyl (C=O) groups excluding carboxylic acids is 1. The largest absolute Gasteiger partial charge is 0.327 e. The van der Waals surface area contributed by atoms with Crippen molar-refractivity contribution in [1.29, 1.82) is 0 Å². The molecule has 0 aliphatic carbocycles. The van der Waals surface area contributed by atoms with Crippen LogP contribution < -0.4 is 5.32 Å². The van der Waals surface area contributed by atoms with Gasteiger partial charge in [-0.2, -0.15) is 0 Å². The zero-order chi connectivity index (χ0) is 16.8. The summed E-state index contributed by atoms with van der Waals surface area (Å²) in [6.45, 7) is 1.14. The van der Waals surface area contributed by atoms with Gasteiger partial charge in [0, 0.05) is 16.6 Å². The minimum atomic E-state index is -0.0418. The topological polar surface area (TPSA) is 32.3 Å². The minimum Gasteiger partial charge on any atom is -0.327 e. The predicted molar refractivity (Wildman–Crippen MR) is 99.5 cm³/mol. The standard InChI is InChI=1S/C20H19BrN2O/c21-18-11-4-10-17(15-18)19-12-6-14-23(19)20(24)22-13-5-9-16-7-2-1-3-8-16/h1-4,7-8,10-11,15,19H,6,12-14H2,(H,22,24). The van der Waals surface area contributed by atoms with E-state index in [1.165, 1.54) is 5.56 Å². The molecule has 3 nitrogen and oxygen atoms in total. The van der Waals surface area contributed by atoms with Crippen LogP contribution in [0.1, 0.15) is 30.0 Å². The molecule has 1 aliphatic rings.